The zero-order valence-corrected chi connectivity index (χ0v) is 21.1. The smallest absolute Gasteiger partial charge is 0.370 e. The second-order valence-corrected chi connectivity index (χ2v) is 10.4. The zero-order valence-electron chi connectivity index (χ0n) is 21.1. The third-order valence-corrected chi connectivity index (χ3v) is 7.67. The van der Waals surface area contributed by atoms with Crippen molar-refractivity contribution in [3.63, 3.8) is 0 Å². The highest BCUT2D eigenvalue weighted by Gasteiger charge is 2.39. The number of alkyl halides is 6. The summed E-state index contributed by atoms with van der Waals surface area (Å²) < 4.78 is 86.5. The molecule has 0 radical (unpaired) electrons. The van der Waals surface area contributed by atoms with Crippen molar-refractivity contribution >= 4 is 5.91 Å². The van der Waals surface area contributed by atoms with Gasteiger partial charge in [-0.15, -0.1) is 0 Å². The Labute approximate surface area is 218 Å². The summed E-state index contributed by atoms with van der Waals surface area (Å²) >= 11 is 0. The molecule has 1 aliphatic carbocycles. The lowest BCUT2D eigenvalue weighted by Gasteiger charge is -2.41. The Bertz CT molecular complexity index is 1060. The highest BCUT2D eigenvalue weighted by atomic mass is 19.4. The van der Waals surface area contributed by atoms with E-state index in [0.717, 1.165) is 31.2 Å². The Morgan fingerprint density at radius 1 is 0.921 bits per heavy atom. The molecule has 2 aromatic rings. The number of hydrogen-bond acceptors (Lipinski definition) is 3. The van der Waals surface area contributed by atoms with Crippen LogP contribution in [-0.4, -0.2) is 36.0 Å². The van der Waals surface area contributed by atoms with Crippen LogP contribution in [0, 0.1) is 5.92 Å². The zero-order chi connectivity index (χ0) is 27.7. The number of halogens is 6. The Kier molecular flexibility index (Phi) is 8.42. The molecule has 0 spiro atoms. The van der Waals surface area contributed by atoms with Gasteiger partial charge >= 0.3 is 12.4 Å². The molecule has 1 saturated heterocycles. The minimum atomic E-state index is -4.93. The van der Waals surface area contributed by atoms with Crippen molar-refractivity contribution in [3.8, 4) is 0 Å². The minimum absolute atomic E-state index is 0.0667. The molecular formula is C28H32F6N2O2. The molecule has 2 aliphatic rings. The third-order valence-electron chi connectivity index (χ3n) is 7.67. The van der Waals surface area contributed by atoms with Gasteiger partial charge in [-0.1, -0.05) is 30.3 Å². The molecule has 2 fully saturated rings. The van der Waals surface area contributed by atoms with Gasteiger partial charge in [0, 0.05) is 31.0 Å². The lowest BCUT2D eigenvalue weighted by atomic mass is 9.83. The molecule has 10 heteroatoms. The van der Waals surface area contributed by atoms with E-state index in [1.165, 1.54) is 6.92 Å². The molecule has 208 valence electrons. The van der Waals surface area contributed by atoms with E-state index in [2.05, 4.69) is 0 Å². The van der Waals surface area contributed by atoms with Gasteiger partial charge in [-0.05, 0) is 68.4 Å². The van der Waals surface area contributed by atoms with Crippen molar-refractivity contribution in [1.29, 1.82) is 0 Å². The summed E-state index contributed by atoms with van der Waals surface area (Å²) in [5.74, 6) is -0.305. The van der Waals surface area contributed by atoms with Gasteiger partial charge in [0.25, 0.3) is 0 Å². The maximum atomic E-state index is 13.4. The van der Waals surface area contributed by atoms with E-state index in [1.807, 2.05) is 35.2 Å². The van der Waals surface area contributed by atoms with Crippen LogP contribution in [0.25, 0.3) is 0 Å². The van der Waals surface area contributed by atoms with Crippen molar-refractivity contribution in [2.45, 2.75) is 75.5 Å². The molecule has 1 saturated carbocycles. The van der Waals surface area contributed by atoms with Gasteiger partial charge in [-0.25, -0.2) is 0 Å². The molecule has 0 bridgehead atoms. The first-order valence-corrected chi connectivity index (χ1v) is 12.9. The summed E-state index contributed by atoms with van der Waals surface area (Å²) in [4.78, 5) is 15.1. The molecule has 3 atom stereocenters. The van der Waals surface area contributed by atoms with E-state index in [1.54, 1.807) is 0 Å². The van der Waals surface area contributed by atoms with E-state index < -0.39 is 35.7 Å². The fourth-order valence-electron chi connectivity index (χ4n) is 5.49. The number of rotatable bonds is 5. The molecule has 2 aromatic carbocycles. The lowest BCUT2D eigenvalue weighted by Crippen LogP contribution is -2.48. The number of carbonyl (C=O) groups is 1. The van der Waals surface area contributed by atoms with E-state index in [0.29, 0.717) is 31.6 Å². The summed E-state index contributed by atoms with van der Waals surface area (Å²) in [6, 6.07) is 11.0. The molecular weight excluding hydrogens is 510 g/mol. The number of amides is 1. The first-order valence-electron chi connectivity index (χ1n) is 12.9. The highest BCUT2D eigenvalue weighted by molar-refractivity contribution is 5.79. The predicted octanol–water partition coefficient (Wildman–Crippen LogP) is 6.70. The Balaban J connectivity index is 1.56. The molecule has 1 aliphatic heterocycles. The summed E-state index contributed by atoms with van der Waals surface area (Å²) in [5.41, 5.74) is 3.94. The van der Waals surface area contributed by atoms with Crippen molar-refractivity contribution in [3.05, 3.63) is 70.8 Å². The molecule has 38 heavy (non-hydrogen) atoms. The summed E-state index contributed by atoms with van der Waals surface area (Å²) in [7, 11) is 0. The van der Waals surface area contributed by atoms with Crippen LogP contribution < -0.4 is 5.73 Å². The van der Waals surface area contributed by atoms with Gasteiger partial charge < -0.3 is 15.4 Å². The van der Waals surface area contributed by atoms with Crippen molar-refractivity contribution in [2.75, 3.05) is 13.1 Å². The predicted molar refractivity (Wildman–Crippen MR) is 130 cm³/mol. The monoisotopic (exact) mass is 542 g/mol. The number of nitrogens with zero attached hydrogens (tertiary/aromatic N) is 1. The van der Waals surface area contributed by atoms with E-state index >= 15 is 0 Å². The third kappa shape index (κ3) is 6.69. The van der Waals surface area contributed by atoms with Crippen LogP contribution in [0.5, 0.6) is 0 Å². The van der Waals surface area contributed by atoms with Crippen LogP contribution in [0.3, 0.4) is 0 Å². The summed E-state index contributed by atoms with van der Waals surface area (Å²) in [6.07, 6.45) is -7.92. The van der Waals surface area contributed by atoms with Crippen LogP contribution >= 0.6 is 0 Å². The second kappa shape index (κ2) is 11.3. The topological polar surface area (TPSA) is 55.6 Å². The number of ether oxygens (including phenoxy) is 1. The first kappa shape index (κ1) is 28.4. The highest BCUT2D eigenvalue weighted by Crippen LogP contribution is 2.40. The maximum absolute atomic E-state index is 13.4. The van der Waals surface area contributed by atoms with Gasteiger partial charge in [-0.2, -0.15) is 26.3 Å². The van der Waals surface area contributed by atoms with Crippen LogP contribution in [-0.2, 0) is 21.9 Å². The number of piperidine rings is 1. The number of carbonyl (C=O) groups excluding carboxylic acids is 1. The molecule has 0 aromatic heterocycles. The van der Waals surface area contributed by atoms with E-state index in [4.69, 9.17) is 10.5 Å². The molecule has 1 amide bonds. The van der Waals surface area contributed by atoms with Gasteiger partial charge in [0.2, 0.25) is 5.91 Å². The fourth-order valence-corrected chi connectivity index (χ4v) is 5.49. The minimum Gasteiger partial charge on any atom is -0.370 e. The average Bonchev–Trinajstić information content (AvgIpc) is 2.88. The lowest BCUT2D eigenvalue weighted by molar-refractivity contribution is -0.143. The van der Waals surface area contributed by atoms with Crippen molar-refractivity contribution < 1.29 is 35.9 Å². The van der Waals surface area contributed by atoms with Crippen LogP contribution in [0.2, 0.25) is 0 Å². The quantitative estimate of drug-likeness (QED) is 0.428. The normalized spacial score (nSPS) is 25.7. The summed E-state index contributed by atoms with van der Waals surface area (Å²) in [6.45, 7) is 2.22. The van der Waals surface area contributed by atoms with Gasteiger partial charge in [0.1, 0.15) is 0 Å². The molecule has 0 unspecified atom stereocenters. The van der Waals surface area contributed by atoms with Crippen LogP contribution in [0.1, 0.15) is 73.3 Å². The number of benzene rings is 2. The second-order valence-electron chi connectivity index (χ2n) is 10.4. The van der Waals surface area contributed by atoms with Crippen LogP contribution in [0.4, 0.5) is 26.3 Å². The molecule has 1 heterocycles. The Morgan fingerprint density at radius 3 is 2.05 bits per heavy atom. The maximum Gasteiger partial charge on any atom is 0.416 e. The van der Waals surface area contributed by atoms with Crippen molar-refractivity contribution in [1.82, 2.24) is 4.90 Å². The van der Waals surface area contributed by atoms with Crippen LogP contribution in [0.15, 0.2) is 48.5 Å². The number of nitrogens with two attached hydrogens (primary N) is 1. The van der Waals surface area contributed by atoms with Gasteiger partial charge in [-0.3, -0.25) is 4.79 Å². The standard InChI is InChI=1S/C28H32F6N2O2/c1-17(20-13-21(27(29,30)31)15-22(14-20)28(32,33)34)38-25-11-12-36(16-24(25)18-5-3-2-4-6-18)26(37)19-7-9-23(35)10-8-19/h2-6,13-15,17,19,23-25H,7-12,16,35H2,1H3/t17-,19?,23?,24+,25+/m1/s1. The van der Waals surface area contributed by atoms with E-state index in [-0.39, 0.29) is 35.4 Å². The Hall–Kier alpha value is -2.59. The average molecular weight is 543 g/mol. The van der Waals surface area contributed by atoms with Gasteiger partial charge in [0.05, 0.1) is 23.3 Å². The summed E-state index contributed by atoms with van der Waals surface area (Å²) in [5, 5.41) is 0. The van der Waals surface area contributed by atoms with Gasteiger partial charge in [0.15, 0.2) is 0 Å². The number of hydrogen-bond donors (Lipinski definition) is 1. The molecule has 2 N–H and O–H groups in total. The fraction of sp³-hybridized carbons (Fsp3) is 0.536. The largest absolute Gasteiger partial charge is 0.416 e. The SMILES string of the molecule is C[C@@H](O[C@H]1CCN(C(=O)C2CCC(N)CC2)C[C@H]1c1ccccc1)c1cc(C(F)(F)F)cc(C(F)(F)F)c1. The molecule has 4 rings (SSSR count). The number of likely N-dealkylation sites (tertiary alicyclic amines) is 1. The van der Waals surface area contributed by atoms with Crippen molar-refractivity contribution in [2.24, 2.45) is 11.7 Å². The Morgan fingerprint density at radius 2 is 1.50 bits per heavy atom. The molecule has 4 nitrogen and oxygen atoms in total. The van der Waals surface area contributed by atoms with E-state index in [9.17, 15) is 31.1 Å². The first-order chi connectivity index (χ1) is 17.8.